The molecule has 0 heterocycles. The number of nitrogens with zero attached hydrogens (tertiary/aromatic N) is 1. The first-order valence-corrected chi connectivity index (χ1v) is 13.6. The summed E-state index contributed by atoms with van der Waals surface area (Å²) in [5.41, 5.74) is 1.73. The van der Waals surface area contributed by atoms with Crippen LogP contribution < -0.4 is 4.90 Å². The summed E-state index contributed by atoms with van der Waals surface area (Å²) in [6.45, 7) is 6.79. The second kappa shape index (κ2) is 8.41. The maximum absolute atomic E-state index is 12.4. The average Bonchev–Trinajstić information content (AvgIpc) is 3.16. The summed E-state index contributed by atoms with van der Waals surface area (Å²) in [4.78, 5) is 14.5. The van der Waals surface area contributed by atoms with Gasteiger partial charge in [-0.15, -0.1) is 0 Å². The zero-order valence-corrected chi connectivity index (χ0v) is 21.9. The van der Waals surface area contributed by atoms with Gasteiger partial charge in [0.05, 0.1) is 5.69 Å². The number of anilines is 1. The van der Waals surface area contributed by atoms with E-state index in [0.29, 0.717) is 23.0 Å². The van der Waals surface area contributed by atoms with Gasteiger partial charge >= 0.3 is 0 Å². The number of hydrogen-bond donors (Lipinski definition) is 1. The van der Waals surface area contributed by atoms with Gasteiger partial charge in [0.15, 0.2) is 0 Å². The highest BCUT2D eigenvalue weighted by Gasteiger charge is 2.61. The summed E-state index contributed by atoms with van der Waals surface area (Å²) < 4.78 is 0. The summed E-state index contributed by atoms with van der Waals surface area (Å²) in [6, 6.07) is 8.21. The van der Waals surface area contributed by atoms with Crippen LogP contribution in [-0.2, 0) is 4.79 Å². The van der Waals surface area contributed by atoms with Crippen LogP contribution in [0.3, 0.4) is 0 Å². The van der Waals surface area contributed by atoms with E-state index in [0.717, 1.165) is 48.8 Å². The minimum atomic E-state index is -0.882. The number of aliphatic hydroxyl groups is 1. The van der Waals surface area contributed by atoms with E-state index in [9.17, 15) is 9.90 Å². The first kappa shape index (κ1) is 23.9. The third-order valence-corrected chi connectivity index (χ3v) is 11.0. The molecule has 0 spiro atoms. The molecule has 4 aliphatic rings. The lowest BCUT2D eigenvalue weighted by Crippen LogP contribution is -2.56. The van der Waals surface area contributed by atoms with Crippen molar-refractivity contribution in [1.82, 2.24) is 0 Å². The van der Waals surface area contributed by atoms with Crippen LogP contribution in [0, 0.1) is 52.3 Å². The van der Waals surface area contributed by atoms with Crippen molar-refractivity contribution in [3.05, 3.63) is 29.8 Å². The highest BCUT2D eigenvalue weighted by molar-refractivity contribution is 5.79. The van der Waals surface area contributed by atoms with Gasteiger partial charge in [-0.3, -0.25) is 4.79 Å². The van der Waals surface area contributed by atoms with E-state index >= 15 is 0 Å². The van der Waals surface area contributed by atoms with Crippen LogP contribution in [0.5, 0.6) is 0 Å². The van der Waals surface area contributed by atoms with E-state index in [-0.39, 0.29) is 11.3 Å². The molecule has 0 saturated heterocycles. The van der Waals surface area contributed by atoms with E-state index < -0.39 is 5.60 Å². The third kappa shape index (κ3) is 3.72. The summed E-state index contributed by atoms with van der Waals surface area (Å²) in [6.07, 6.45) is 9.92. The number of fused-ring (bicyclic) bond motifs is 5. The molecule has 1 aromatic carbocycles. The van der Waals surface area contributed by atoms with Crippen molar-refractivity contribution in [2.75, 3.05) is 19.0 Å². The van der Waals surface area contributed by atoms with Crippen molar-refractivity contribution >= 4 is 11.5 Å². The van der Waals surface area contributed by atoms with Crippen LogP contribution in [0.4, 0.5) is 5.69 Å². The molecular weight excluding hydrogens is 418 g/mol. The fourth-order valence-corrected chi connectivity index (χ4v) is 9.18. The number of rotatable bonds is 2. The van der Waals surface area contributed by atoms with E-state index in [1.54, 1.807) is 0 Å². The Labute approximate surface area is 206 Å². The Morgan fingerprint density at radius 3 is 2.44 bits per heavy atom. The van der Waals surface area contributed by atoms with Gasteiger partial charge in [0.25, 0.3) is 0 Å². The van der Waals surface area contributed by atoms with Crippen LogP contribution >= 0.6 is 0 Å². The minimum absolute atomic E-state index is 0.219. The van der Waals surface area contributed by atoms with E-state index in [1.807, 2.05) is 33.2 Å². The molecule has 0 aromatic heterocycles. The standard InChI is InChI=1S/C31H43NO2/c1-21(33)25-12-13-26-24-11-10-23-20-31(34,17-14-22-8-6-7-9-28(22)32(4)5)19-18-29(23,2)27(24)15-16-30(25,26)3/h6-9,23-27,34H,10-13,15-16,18-20H2,1-5H3/t23?,24-,25+,26-,27-,29-,30+,31-/m0/s1. The van der Waals surface area contributed by atoms with E-state index in [1.165, 1.54) is 32.1 Å². The molecule has 34 heavy (non-hydrogen) atoms. The smallest absolute Gasteiger partial charge is 0.133 e. The lowest BCUT2D eigenvalue weighted by molar-refractivity contribution is -0.144. The van der Waals surface area contributed by atoms with Gasteiger partial charge in [-0.2, -0.15) is 0 Å². The van der Waals surface area contributed by atoms with Gasteiger partial charge in [-0.05, 0) is 111 Å². The molecule has 0 bridgehead atoms. The number of ketones is 1. The van der Waals surface area contributed by atoms with Gasteiger partial charge in [-0.25, -0.2) is 0 Å². The number of Topliss-reactive ketones (excluding diaryl/α,β-unsaturated/α-hetero) is 1. The quantitative estimate of drug-likeness (QED) is 0.542. The molecule has 4 saturated carbocycles. The molecule has 4 fully saturated rings. The number of hydrogen-bond acceptors (Lipinski definition) is 3. The number of para-hydroxylation sites is 1. The number of benzene rings is 1. The lowest BCUT2D eigenvalue weighted by atomic mass is 9.44. The van der Waals surface area contributed by atoms with Crippen molar-refractivity contribution in [2.45, 2.75) is 84.2 Å². The largest absolute Gasteiger partial charge is 0.378 e. The molecule has 0 radical (unpaired) electrons. The molecule has 1 unspecified atom stereocenters. The Morgan fingerprint density at radius 2 is 1.71 bits per heavy atom. The summed E-state index contributed by atoms with van der Waals surface area (Å²) >= 11 is 0. The summed E-state index contributed by atoms with van der Waals surface area (Å²) in [5.74, 6) is 10.1. The Bertz CT molecular complexity index is 1020. The van der Waals surface area contributed by atoms with Crippen LogP contribution in [0.15, 0.2) is 24.3 Å². The van der Waals surface area contributed by atoms with Crippen LogP contribution in [-0.4, -0.2) is 30.6 Å². The van der Waals surface area contributed by atoms with Crippen LogP contribution in [0.25, 0.3) is 0 Å². The number of carbonyl (C=O) groups is 1. The molecule has 3 nitrogen and oxygen atoms in total. The maximum Gasteiger partial charge on any atom is 0.133 e. The van der Waals surface area contributed by atoms with E-state index in [4.69, 9.17) is 0 Å². The van der Waals surface area contributed by atoms with Crippen molar-refractivity contribution < 1.29 is 9.90 Å². The summed E-state index contributed by atoms with van der Waals surface area (Å²) in [7, 11) is 4.08. The van der Waals surface area contributed by atoms with Gasteiger partial charge in [0.2, 0.25) is 0 Å². The highest BCUT2D eigenvalue weighted by atomic mass is 16.3. The highest BCUT2D eigenvalue weighted by Crippen LogP contribution is 2.68. The van der Waals surface area contributed by atoms with Crippen molar-refractivity contribution in [1.29, 1.82) is 0 Å². The molecule has 8 atom stereocenters. The third-order valence-electron chi connectivity index (χ3n) is 11.0. The zero-order chi connectivity index (χ0) is 24.3. The fraction of sp³-hybridized carbons (Fsp3) is 0.710. The van der Waals surface area contributed by atoms with Crippen LogP contribution in [0.2, 0.25) is 0 Å². The average molecular weight is 462 g/mol. The molecular formula is C31H43NO2. The summed E-state index contributed by atoms with van der Waals surface area (Å²) in [5, 5.41) is 11.6. The predicted octanol–water partition coefficient (Wildman–Crippen LogP) is 6.08. The van der Waals surface area contributed by atoms with Gasteiger partial charge < -0.3 is 10.0 Å². The van der Waals surface area contributed by atoms with Gasteiger partial charge in [-0.1, -0.05) is 37.8 Å². The first-order chi connectivity index (χ1) is 16.1. The monoisotopic (exact) mass is 461 g/mol. The Balaban J connectivity index is 1.35. The molecule has 0 aliphatic heterocycles. The van der Waals surface area contributed by atoms with Gasteiger partial charge in [0.1, 0.15) is 11.4 Å². The normalized spacial score (nSPS) is 43.1. The SMILES string of the molecule is CC(=O)[C@H]1CC[C@H]2[C@@H]3CCC4C[C@](O)(C#Cc5ccccc5N(C)C)CC[C@]4(C)[C@H]3CC[C@]12C. The van der Waals surface area contributed by atoms with E-state index in [2.05, 4.69) is 42.7 Å². The van der Waals surface area contributed by atoms with Crippen molar-refractivity contribution in [3.8, 4) is 11.8 Å². The zero-order valence-electron chi connectivity index (χ0n) is 21.9. The van der Waals surface area contributed by atoms with Crippen molar-refractivity contribution in [2.24, 2.45) is 40.4 Å². The Kier molecular flexibility index (Phi) is 5.92. The molecule has 4 aliphatic carbocycles. The van der Waals surface area contributed by atoms with Crippen LogP contribution in [0.1, 0.15) is 84.1 Å². The molecule has 5 rings (SSSR count). The fourth-order valence-electron chi connectivity index (χ4n) is 9.18. The first-order valence-electron chi connectivity index (χ1n) is 13.6. The van der Waals surface area contributed by atoms with Gasteiger partial charge in [0, 0.05) is 25.6 Å². The maximum atomic E-state index is 12.4. The minimum Gasteiger partial charge on any atom is -0.378 e. The molecule has 1 N–H and O–H groups in total. The predicted molar refractivity (Wildman–Crippen MR) is 138 cm³/mol. The molecule has 184 valence electrons. The second-order valence-electron chi connectivity index (χ2n) is 12.8. The topological polar surface area (TPSA) is 40.5 Å². The lowest BCUT2D eigenvalue weighted by Gasteiger charge is -2.61. The number of carbonyl (C=O) groups excluding carboxylic acids is 1. The Morgan fingerprint density at radius 1 is 0.971 bits per heavy atom. The second-order valence-corrected chi connectivity index (χ2v) is 12.8. The molecule has 1 aromatic rings. The Hall–Kier alpha value is -1.79. The molecule has 3 heteroatoms. The van der Waals surface area contributed by atoms with Crippen molar-refractivity contribution in [3.63, 3.8) is 0 Å². The molecule has 0 amide bonds.